The molecule has 36 heavy (non-hydrogen) atoms. The number of hydrogen-bond acceptors (Lipinski definition) is 8. The molecule has 3 aromatic rings. The van der Waals surface area contributed by atoms with Crippen molar-refractivity contribution in [2.45, 2.75) is 30.8 Å². The van der Waals surface area contributed by atoms with E-state index in [4.69, 9.17) is 25.8 Å². The van der Waals surface area contributed by atoms with Gasteiger partial charge in [0.25, 0.3) is 6.01 Å². The number of ether oxygens (including phenoxy) is 3. The van der Waals surface area contributed by atoms with Crippen LogP contribution in [0.2, 0.25) is 5.02 Å². The number of H-pyrrole nitrogens is 1. The number of nitrogens with zero attached hydrogens (tertiary/aromatic N) is 3. The van der Waals surface area contributed by atoms with Crippen molar-refractivity contribution in [2.75, 3.05) is 32.6 Å². The van der Waals surface area contributed by atoms with Gasteiger partial charge in [-0.3, -0.25) is 0 Å². The predicted octanol–water partition coefficient (Wildman–Crippen LogP) is 2.23. The molecule has 2 aromatic heterocycles. The van der Waals surface area contributed by atoms with E-state index in [0.717, 1.165) is 16.7 Å². The third-order valence-corrected chi connectivity index (χ3v) is 8.38. The number of fused-ring (bicyclic) bond motifs is 2. The first-order chi connectivity index (χ1) is 17.3. The van der Waals surface area contributed by atoms with Crippen LogP contribution in [0.15, 0.2) is 36.4 Å². The quantitative estimate of drug-likeness (QED) is 0.512. The highest BCUT2D eigenvalue weighted by Gasteiger charge is 2.48. The first-order valence-corrected chi connectivity index (χ1v) is 13.9. The van der Waals surface area contributed by atoms with Crippen LogP contribution in [0.4, 0.5) is 0 Å². The first kappa shape index (κ1) is 23.8. The Morgan fingerprint density at radius 1 is 1.14 bits per heavy atom. The van der Waals surface area contributed by atoms with Crippen LogP contribution in [-0.4, -0.2) is 89.8 Å². The molecule has 10 nitrogen and oxygen atoms in total. The molecule has 1 unspecified atom stereocenters. The number of pyridine rings is 1. The maximum Gasteiger partial charge on any atom is 0.296 e. The maximum absolute atomic E-state index is 11.7. The zero-order chi connectivity index (χ0) is 25.0. The fourth-order valence-corrected chi connectivity index (χ4v) is 5.93. The topological polar surface area (TPSA) is 127 Å². The first-order valence-electron chi connectivity index (χ1n) is 11.7. The molecule has 0 aliphatic carbocycles. The Bertz CT molecular complexity index is 1440. The molecular formula is C24H25ClN4O6S. The zero-order valence-corrected chi connectivity index (χ0v) is 21.0. The lowest BCUT2D eigenvalue weighted by atomic mass is 9.98. The van der Waals surface area contributed by atoms with Crippen LogP contribution in [0.1, 0.15) is 12.0 Å². The number of nitrogens with one attached hydrogen (secondary N) is 1. The Kier molecular flexibility index (Phi) is 6.02. The van der Waals surface area contributed by atoms with Crippen LogP contribution in [0, 0.1) is 0 Å². The summed E-state index contributed by atoms with van der Waals surface area (Å²) in [4.78, 5) is 12.2. The van der Waals surface area contributed by atoms with Gasteiger partial charge in [-0.25, -0.2) is 13.4 Å². The SMILES string of the molecule is CS(=O)(=O)N1CC=C(c2ccc(-c3nc4nc(O[C@@H]5COC6[C@H](O)CO[C@@H]65)[nH]c4cc3Cl)cc2)CC1. The van der Waals surface area contributed by atoms with Gasteiger partial charge in [0, 0.05) is 18.7 Å². The van der Waals surface area contributed by atoms with Gasteiger partial charge in [-0.2, -0.15) is 9.29 Å². The number of rotatable bonds is 5. The van der Waals surface area contributed by atoms with Crippen molar-refractivity contribution in [3.05, 3.63) is 47.0 Å². The van der Waals surface area contributed by atoms with E-state index < -0.39 is 16.1 Å². The maximum atomic E-state index is 11.7. The third-order valence-electron chi connectivity index (χ3n) is 6.82. The second-order valence-corrected chi connectivity index (χ2v) is 11.6. The molecule has 0 amide bonds. The Morgan fingerprint density at radius 2 is 1.89 bits per heavy atom. The second kappa shape index (κ2) is 9.09. The summed E-state index contributed by atoms with van der Waals surface area (Å²) in [5, 5.41) is 10.4. The van der Waals surface area contributed by atoms with Gasteiger partial charge < -0.3 is 24.3 Å². The number of aliphatic hydroxyl groups excluding tert-OH is 1. The van der Waals surface area contributed by atoms with Gasteiger partial charge in [0.1, 0.15) is 18.3 Å². The van der Waals surface area contributed by atoms with Crippen molar-refractivity contribution in [1.82, 2.24) is 19.3 Å². The van der Waals surface area contributed by atoms with E-state index in [2.05, 4.69) is 15.0 Å². The summed E-state index contributed by atoms with van der Waals surface area (Å²) in [6.07, 6.45) is 2.09. The Labute approximate surface area is 212 Å². The van der Waals surface area contributed by atoms with Crippen LogP contribution in [-0.2, 0) is 19.5 Å². The van der Waals surface area contributed by atoms with E-state index in [1.165, 1.54) is 10.6 Å². The van der Waals surface area contributed by atoms with Gasteiger partial charge in [-0.1, -0.05) is 41.9 Å². The molecule has 2 saturated heterocycles. The van der Waals surface area contributed by atoms with Crippen LogP contribution in [0.3, 0.4) is 0 Å². The molecule has 2 fully saturated rings. The number of aliphatic hydroxyl groups is 1. The van der Waals surface area contributed by atoms with Crippen LogP contribution in [0.25, 0.3) is 28.0 Å². The van der Waals surface area contributed by atoms with Gasteiger partial charge in [-0.05, 0) is 23.6 Å². The summed E-state index contributed by atoms with van der Waals surface area (Å²) in [6.45, 7) is 1.38. The molecule has 4 atom stereocenters. The lowest BCUT2D eigenvalue weighted by molar-refractivity contribution is 0.00706. The van der Waals surface area contributed by atoms with Crippen molar-refractivity contribution in [3.63, 3.8) is 0 Å². The molecule has 3 aliphatic heterocycles. The molecule has 1 aromatic carbocycles. The minimum Gasteiger partial charge on any atom is -0.456 e. The molecule has 3 aliphatic rings. The summed E-state index contributed by atoms with van der Waals surface area (Å²) in [5.41, 5.74) is 4.69. The summed E-state index contributed by atoms with van der Waals surface area (Å²) in [5.74, 6) is 0. The van der Waals surface area contributed by atoms with Gasteiger partial charge >= 0.3 is 0 Å². The second-order valence-electron chi connectivity index (χ2n) is 9.23. The Balaban J connectivity index is 1.20. The molecule has 2 N–H and O–H groups in total. The molecule has 190 valence electrons. The number of sulfonamides is 1. The zero-order valence-electron chi connectivity index (χ0n) is 19.4. The summed E-state index contributed by atoms with van der Waals surface area (Å²) < 4.78 is 42.1. The lowest BCUT2D eigenvalue weighted by Gasteiger charge is -2.24. The van der Waals surface area contributed by atoms with E-state index in [9.17, 15) is 13.5 Å². The smallest absolute Gasteiger partial charge is 0.296 e. The number of aromatic amines is 1. The van der Waals surface area contributed by atoms with E-state index in [-0.39, 0.29) is 30.9 Å². The molecule has 0 bridgehead atoms. The van der Waals surface area contributed by atoms with Crippen molar-refractivity contribution in [3.8, 4) is 17.3 Å². The van der Waals surface area contributed by atoms with E-state index in [1.807, 2.05) is 30.3 Å². The number of imidazole rings is 1. The van der Waals surface area contributed by atoms with E-state index >= 15 is 0 Å². The predicted molar refractivity (Wildman–Crippen MR) is 133 cm³/mol. The van der Waals surface area contributed by atoms with Crippen molar-refractivity contribution >= 4 is 38.4 Å². The van der Waals surface area contributed by atoms with Crippen molar-refractivity contribution < 1.29 is 27.7 Å². The number of benzene rings is 1. The largest absolute Gasteiger partial charge is 0.456 e. The molecule has 0 saturated carbocycles. The van der Waals surface area contributed by atoms with Crippen LogP contribution >= 0.6 is 11.6 Å². The molecular weight excluding hydrogens is 508 g/mol. The summed E-state index contributed by atoms with van der Waals surface area (Å²) >= 11 is 6.56. The molecule has 0 radical (unpaired) electrons. The average Bonchev–Trinajstić information content (AvgIpc) is 3.55. The number of aromatic nitrogens is 3. The summed E-state index contributed by atoms with van der Waals surface area (Å²) in [7, 11) is -3.18. The summed E-state index contributed by atoms with van der Waals surface area (Å²) in [6, 6.07) is 9.92. The molecule has 0 spiro atoms. The average molecular weight is 533 g/mol. The van der Waals surface area contributed by atoms with Gasteiger partial charge in [-0.15, -0.1) is 0 Å². The van der Waals surface area contributed by atoms with E-state index in [1.54, 1.807) is 6.07 Å². The molecule has 5 heterocycles. The van der Waals surface area contributed by atoms with E-state index in [0.29, 0.717) is 48.0 Å². The normalized spacial score (nSPS) is 26.8. The monoisotopic (exact) mass is 532 g/mol. The van der Waals surface area contributed by atoms with Gasteiger partial charge in [0.15, 0.2) is 11.8 Å². The highest BCUT2D eigenvalue weighted by molar-refractivity contribution is 7.88. The van der Waals surface area contributed by atoms with Crippen LogP contribution < -0.4 is 4.74 Å². The number of halogens is 1. The van der Waals surface area contributed by atoms with Gasteiger partial charge in [0.2, 0.25) is 10.0 Å². The van der Waals surface area contributed by atoms with Crippen molar-refractivity contribution in [2.24, 2.45) is 0 Å². The highest BCUT2D eigenvalue weighted by Crippen LogP contribution is 2.33. The highest BCUT2D eigenvalue weighted by atomic mass is 35.5. The Morgan fingerprint density at radius 3 is 2.61 bits per heavy atom. The fraction of sp³-hybridized carbons (Fsp3) is 0.417. The third kappa shape index (κ3) is 4.40. The molecule has 12 heteroatoms. The number of hydrogen-bond donors (Lipinski definition) is 2. The van der Waals surface area contributed by atoms with Gasteiger partial charge in [0.05, 0.1) is 35.7 Å². The van der Waals surface area contributed by atoms with Crippen LogP contribution in [0.5, 0.6) is 6.01 Å². The molecule has 6 rings (SSSR count). The van der Waals surface area contributed by atoms with Crippen molar-refractivity contribution in [1.29, 1.82) is 0 Å². The fourth-order valence-electron chi connectivity index (χ4n) is 4.90. The lowest BCUT2D eigenvalue weighted by Crippen LogP contribution is -2.34. The minimum atomic E-state index is -3.18. The minimum absolute atomic E-state index is 0.227. The standard InChI is InChI=1S/C24H25ClN4O6S/c1-36(31,32)29-8-6-14(7-9-29)13-2-4-15(5-3-13)20-16(25)10-17-23(27-20)28-24(26-17)35-19-12-34-21-18(30)11-33-22(19)21/h2-6,10,18-19,21-22,30H,7-9,11-12H2,1H3,(H,26,27,28)/t18-,19-,21?,22-/m1/s1. The Hall–Kier alpha value is -2.54.